The van der Waals surface area contributed by atoms with Crippen LogP contribution in [0.2, 0.25) is 0 Å². The summed E-state index contributed by atoms with van der Waals surface area (Å²) in [5, 5.41) is 5.57. The molecule has 6 heteroatoms. The van der Waals surface area contributed by atoms with Crippen molar-refractivity contribution in [2.75, 3.05) is 25.5 Å². The van der Waals surface area contributed by atoms with Crippen molar-refractivity contribution in [3.8, 4) is 0 Å². The maximum atomic E-state index is 12.2. The Balaban J connectivity index is 1.79. The van der Waals surface area contributed by atoms with Gasteiger partial charge in [-0.15, -0.1) is 0 Å². The molecule has 0 aliphatic heterocycles. The lowest BCUT2D eigenvalue weighted by Crippen LogP contribution is -2.43. The number of rotatable bonds is 6. The zero-order valence-electron chi connectivity index (χ0n) is 15.9. The fourth-order valence-electron chi connectivity index (χ4n) is 3.30. The fourth-order valence-corrected chi connectivity index (χ4v) is 3.30. The Morgan fingerprint density at radius 2 is 1.69 bits per heavy atom. The van der Waals surface area contributed by atoms with Crippen LogP contribution in [0, 0.1) is 19.8 Å². The Hall–Kier alpha value is -2.37. The van der Waals surface area contributed by atoms with Crippen LogP contribution in [-0.4, -0.2) is 42.8 Å². The van der Waals surface area contributed by atoms with E-state index in [2.05, 4.69) is 10.6 Å². The second kappa shape index (κ2) is 9.36. The van der Waals surface area contributed by atoms with E-state index in [1.165, 1.54) is 11.3 Å². The van der Waals surface area contributed by atoms with Crippen LogP contribution in [0.25, 0.3) is 0 Å². The fraction of sp³-hybridized carbons (Fsp3) is 0.550. The number of aryl methyl sites for hydroxylation is 2. The Morgan fingerprint density at radius 1 is 1.08 bits per heavy atom. The highest BCUT2D eigenvalue weighted by molar-refractivity contribution is 5.96. The third-order valence-electron chi connectivity index (χ3n) is 4.94. The van der Waals surface area contributed by atoms with Gasteiger partial charge in [0, 0.05) is 18.7 Å². The molecular formula is C20H29N3O3. The number of nitrogens with zero attached hydrogens (tertiary/aromatic N) is 1. The number of carbonyl (C=O) groups is 3. The molecule has 1 aromatic carbocycles. The third-order valence-corrected chi connectivity index (χ3v) is 4.94. The van der Waals surface area contributed by atoms with E-state index in [1.807, 2.05) is 32.0 Å². The Morgan fingerprint density at radius 3 is 2.31 bits per heavy atom. The molecule has 2 rings (SSSR count). The number of para-hydroxylation sites is 1. The van der Waals surface area contributed by atoms with Crippen LogP contribution in [0.1, 0.15) is 43.2 Å². The van der Waals surface area contributed by atoms with Gasteiger partial charge in [0.25, 0.3) is 0 Å². The normalized spacial score (nSPS) is 14.6. The molecule has 1 aliphatic rings. The first kappa shape index (κ1) is 19.9. The molecule has 142 valence electrons. The van der Waals surface area contributed by atoms with E-state index in [-0.39, 0.29) is 36.7 Å². The standard InChI is InChI=1S/C20H29N3O3/c1-14-8-7-9-15(2)19(14)22-17(24)13-23(3)18(25)12-21-20(26)16-10-5-4-6-11-16/h7-9,16H,4-6,10-13H2,1-3H3,(H,21,26)(H,22,24). The maximum absolute atomic E-state index is 12.2. The van der Waals surface area contributed by atoms with Crippen molar-refractivity contribution in [2.45, 2.75) is 46.0 Å². The van der Waals surface area contributed by atoms with Crippen LogP contribution < -0.4 is 10.6 Å². The largest absolute Gasteiger partial charge is 0.347 e. The third kappa shape index (κ3) is 5.58. The molecule has 0 bridgehead atoms. The molecule has 3 amide bonds. The molecular weight excluding hydrogens is 330 g/mol. The number of hydrogen-bond donors (Lipinski definition) is 2. The molecule has 0 radical (unpaired) electrons. The van der Waals surface area contributed by atoms with Gasteiger partial charge in [0.2, 0.25) is 17.7 Å². The number of nitrogens with one attached hydrogen (secondary N) is 2. The summed E-state index contributed by atoms with van der Waals surface area (Å²) in [7, 11) is 1.57. The lowest BCUT2D eigenvalue weighted by molar-refractivity contribution is -0.135. The molecule has 0 heterocycles. The summed E-state index contributed by atoms with van der Waals surface area (Å²) >= 11 is 0. The van der Waals surface area contributed by atoms with Gasteiger partial charge >= 0.3 is 0 Å². The first-order chi connectivity index (χ1) is 12.4. The van der Waals surface area contributed by atoms with Gasteiger partial charge in [0.05, 0.1) is 13.1 Å². The average Bonchev–Trinajstić information content (AvgIpc) is 2.63. The van der Waals surface area contributed by atoms with Gasteiger partial charge in [-0.1, -0.05) is 37.5 Å². The lowest BCUT2D eigenvalue weighted by atomic mass is 9.89. The van der Waals surface area contributed by atoms with Crippen molar-refractivity contribution in [1.82, 2.24) is 10.2 Å². The summed E-state index contributed by atoms with van der Waals surface area (Å²) in [4.78, 5) is 37.8. The van der Waals surface area contributed by atoms with E-state index in [4.69, 9.17) is 0 Å². The van der Waals surface area contributed by atoms with E-state index < -0.39 is 0 Å². The lowest BCUT2D eigenvalue weighted by Gasteiger charge is -2.22. The molecule has 1 fully saturated rings. The van der Waals surface area contributed by atoms with E-state index in [0.29, 0.717) is 0 Å². The topological polar surface area (TPSA) is 78.5 Å². The summed E-state index contributed by atoms with van der Waals surface area (Å²) in [6.45, 7) is 3.74. The number of benzene rings is 1. The molecule has 0 saturated heterocycles. The summed E-state index contributed by atoms with van der Waals surface area (Å²) in [5.74, 6) is -0.553. The first-order valence-corrected chi connectivity index (χ1v) is 9.26. The Labute approximate surface area is 155 Å². The first-order valence-electron chi connectivity index (χ1n) is 9.26. The number of anilines is 1. The summed E-state index contributed by atoms with van der Waals surface area (Å²) < 4.78 is 0. The Bertz CT molecular complexity index is 646. The molecule has 0 unspecified atom stereocenters. The van der Waals surface area contributed by atoms with Crippen molar-refractivity contribution >= 4 is 23.4 Å². The Kier molecular flexibility index (Phi) is 7.18. The van der Waals surface area contributed by atoms with Crippen molar-refractivity contribution in [2.24, 2.45) is 5.92 Å². The molecule has 0 atom stereocenters. The minimum absolute atomic E-state index is 0.0224. The van der Waals surface area contributed by atoms with Gasteiger partial charge in [-0.25, -0.2) is 0 Å². The van der Waals surface area contributed by atoms with Crippen LogP contribution in [-0.2, 0) is 14.4 Å². The van der Waals surface area contributed by atoms with Gasteiger partial charge in [-0.2, -0.15) is 0 Å². The number of likely N-dealkylation sites (N-methyl/N-ethyl adjacent to an activating group) is 1. The second-order valence-electron chi connectivity index (χ2n) is 7.12. The van der Waals surface area contributed by atoms with E-state index in [0.717, 1.165) is 42.5 Å². The van der Waals surface area contributed by atoms with Crippen molar-refractivity contribution in [1.29, 1.82) is 0 Å². The van der Waals surface area contributed by atoms with Crippen molar-refractivity contribution in [3.05, 3.63) is 29.3 Å². The van der Waals surface area contributed by atoms with Gasteiger partial charge in [0.15, 0.2) is 0 Å². The molecule has 2 N–H and O–H groups in total. The highest BCUT2D eigenvalue weighted by Crippen LogP contribution is 2.23. The molecule has 26 heavy (non-hydrogen) atoms. The highest BCUT2D eigenvalue weighted by atomic mass is 16.2. The minimum Gasteiger partial charge on any atom is -0.347 e. The number of amides is 3. The number of hydrogen-bond acceptors (Lipinski definition) is 3. The predicted molar refractivity (Wildman–Crippen MR) is 102 cm³/mol. The van der Waals surface area contributed by atoms with Gasteiger partial charge in [-0.05, 0) is 37.8 Å². The molecule has 0 spiro atoms. The second-order valence-corrected chi connectivity index (χ2v) is 7.12. The summed E-state index contributed by atoms with van der Waals surface area (Å²) in [5.41, 5.74) is 2.74. The average molecular weight is 359 g/mol. The van der Waals surface area contributed by atoms with Gasteiger partial charge in [0.1, 0.15) is 0 Å². The van der Waals surface area contributed by atoms with Crippen LogP contribution in [0.4, 0.5) is 5.69 Å². The minimum atomic E-state index is -0.272. The van der Waals surface area contributed by atoms with E-state index >= 15 is 0 Å². The van der Waals surface area contributed by atoms with Crippen LogP contribution in [0.3, 0.4) is 0 Å². The zero-order valence-corrected chi connectivity index (χ0v) is 15.9. The monoisotopic (exact) mass is 359 g/mol. The molecule has 1 saturated carbocycles. The van der Waals surface area contributed by atoms with Gasteiger partial charge in [-0.3, -0.25) is 14.4 Å². The van der Waals surface area contributed by atoms with E-state index in [1.54, 1.807) is 7.05 Å². The van der Waals surface area contributed by atoms with Crippen LogP contribution >= 0.6 is 0 Å². The number of carbonyl (C=O) groups excluding carboxylic acids is 3. The molecule has 1 aromatic rings. The van der Waals surface area contributed by atoms with E-state index in [9.17, 15) is 14.4 Å². The summed E-state index contributed by atoms with van der Waals surface area (Å²) in [6, 6.07) is 5.79. The predicted octanol–water partition coefficient (Wildman–Crippen LogP) is 2.40. The SMILES string of the molecule is Cc1cccc(C)c1NC(=O)CN(C)C(=O)CNC(=O)C1CCCCC1. The maximum Gasteiger partial charge on any atom is 0.243 e. The highest BCUT2D eigenvalue weighted by Gasteiger charge is 2.22. The summed E-state index contributed by atoms with van der Waals surface area (Å²) in [6.07, 6.45) is 5.12. The van der Waals surface area contributed by atoms with Crippen molar-refractivity contribution in [3.63, 3.8) is 0 Å². The van der Waals surface area contributed by atoms with Crippen LogP contribution in [0.5, 0.6) is 0 Å². The van der Waals surface area contributed by atoms with Gasteiger partial charge < -0.3 is 15.5 Å². The molecule has 0 aromatic heterocycles. The molecule has 6 nitrogen and oxygen atoms in total. The quantitative estimate of drug-likeness (QED) is 0.819. The van der Waals surface area contributed by atoms with Crippen molar-refractivity contribution < 1.29 is 14.4 Å². The van der Waals surface area contributed by atoms with Crippen LogP contribution in [0.15, 0.2) is 18.2 Å². The zero-order chi connectivity index (χ0) is 19.1. The molecule has 1 aliphatic carbocycles. The smallest absolute Gasteiger partial charge is 0.243 e.